The average molecular weight is 375 g/mol. The van der Waals surface area contributed by atoms with Gasteiger partial charge in [-0.25, -0.2) is 4.68 Å². The number of fused-ring (bicyclic) bond motifs is 5. The number of aromatic nitrogens is 3. The van der Waals surface area contributed by atoms with Gasteiger partial charge in [-0.3, -0.25) is 9.59 Å². The Kier molecular flexibility index (Phi) is 4.65. The fraction of sp³-hybridized carbons (Fsp3) is 0.238. The molecule has 2 amide bonds. The van der Waals surface area contributed by atoms with E-state index < -0.39 is 0 Å². The van der Waals surface area contributed by atoms with Gasteiger partial charge in [0.05, 0.1) is 17.9 Å². The van der Waals surface area contributed by atoms with Gasteiger partial charge >= 0.3 is 0 Å². The van der Waals surface area contributed by atoms with E-state index in [0.717, 1.165) is 33.8 Å². The number of para-hydroxylation sites is 1. The summed E-state index contributed by atoms with van der Waals surface area (Å²) < 4.78 is 1.77. The third-order valence-corrected chi connectivity index (χ3v) is 5.02. The van der Waals surface area contributed by atoms with Crippen LogP contribution in [0.2, 0.25) is 0 Å². The number of nitrogens with zero attached hydrogens (tertiary/aromatic N) is 4. The zero-order chi connectivity index (χ0) is 19.7. The summed E-state index contributed by atoms with van der Waals surface area (Å²) >= 11 is 0. The molecule has 0 spiro atoms. The quantitative estimate of drug-likeness (QED) is 0.763. The van der Waals surface area contributed by atoms with Gasteiger partial charge in [0.1, 0.15) is 5.69 Å². The molecule has 0 saturated heterocycles. The maximum absolute atomic E-state index is 13.1. The van der Waals surface area contributed by atoms with Gasteiger partial charge in [-0.2, -0.15) is 0 Å². The largest absolute Gasteiger partial charge is 0.359 e. The van der Waals surface area contributed by atoms with Crippen molar-refractivity contribution >= 4 is 17.5 Å². The Morgan fingerprint density at radius 2 is 1.75 bits per heavy atom. The van der Waals surface area contributed by atoms with Crippen LogP contribution in [0.4, 0.5) is 5.69 Å². The molecule has 1 aliphatic rings. The number of nitrogens with one attached hydrogen (secondary N) is 1. The highest BCUT2D eigenvalue weighted by Gasteiger charge is 2.28. The average Bonchev–Trinajstić information content (AvgIpc) is 3.09. The van der Waals surface area contributed by atoms with Gasteiger partial charge in [-0.05, 0) is 11.6 Å². The molecule has 4 rings (SSSR count). The first kappa shape index (κ1) is 17.9. The number of aryl methyl sites for hydroxylation is 1. The summed E-state index contributed by atoms with van der Waals surface area (Å²) in [7, 11) is 3.45. The van der Waals surface area contributed by atoms with Gasteiger partial charge < -0.3 is 10.2 Å². The number of anilines is 1. The Morgan fingerprint density at radius 3 is 2.54 bits per heavy atom. The topological polar surface area (TPSA) is 80.1 Å². The first-order valence-electron chi connectivity index (χ1n) is 9.18. The summed E-state index contributed by atoms with van der Waals surface area (Å²) in [5.74, 6) is -0.247. The number of amides is 2. The SMILES string of the molecule is CNC(=O)CCC(=O)N1Cc2ccccc2-c2c(nnn2C)-c2ccccc21. The lowest BCUT2D eigenvalue weighted by Crippen LogP contribution is -2.32. The van der Waals surface area contributed by atoms with Crippen molar-refractivity contribution in [1.29, 1.82) is 0 Å². The normalized spacial score (nSPS) is 12.3. The summed E-state index contributed by atoms with van der Waals surface area (Å²) in [6, 6.07) is 15.7. The summed E-state index contributed by atoms with van der Waals surface area (Å²) in [5.41, 5.74) is 5.32. The van der Waals surface area contributed by atoms with Crippen LogP contribution in [0.5, 0.6) is 0 Å². The van der Waals surface area contributed by atoms with E-state index in [-0.39, 0.29) is 24.7 Å². The maximum atomic E-state index is 13.1. The Hall–Kier alpha value is -3.48. The summed E-state index contributed by atoms with van der Waals surface area (Å²) in [5, 5.41) is 11.2. The van der Waals surface area contributed by atoms with Crippen LogP contribution in [0, 0.1) is 0 Å². The molecule has 0 radical (unpaired) electrons. The molecule has 0 saturated carbocycles. The van der Waals surface area contributed by atoms with Crippen LogP contribution in [0.1, 0.15) is 18.4 Å². The molecular weight excluding hydrogens is 354 g/mol. The number of benzene rings is 2. The second-order valence-corrected chi connectivity index (χ2v) is 6.74. The minimum Gasteiger partial charge on any atom is -0.359 e. The molecule has 0 fully saturated rings. The number of carbonyl (C=O) groups is 2. The maximum Gasteiger partial charge on any atom is 0.227 e. The molecule has 142 valence electrons. The van der Waals surface area contributed by atoms with E-state index in [1.165, 1.54) is 0 Å². The molecule has 0 atom stereocenters. The van der Waals surface area contributed by atoms with Gasteiger partial charge in [0, 0.05) is 38.1 Å². The monoisotopic (exact) mass is 375 g/mol. The predicted octanol–water partition coefficient (Wildman–Crippen LogP) is 2.52. The lowest BCUT2D eigenvalue weighted by atomic mass is 9.95. The van der Waals surface area contributed by atoms with Crippen LogP contribution in [-0.2, 0) is 23.2 Å². The molecule has 0 bridgehead atoms. The van der Waals surface area contributed by atoms with Crippen LogP contribution in [0.3, 0.4) is 0 Å². The third kappa shape index (κ3) is 3.05. The number of hydrogen-bond acceptors (Lipinski definition) is 4. The van der Waals surface area contributed by atoms with Crippen LogP contribution in [0.15, 0.2) is 48.5 Å². The zero-order valence-corrected chi connectivity index (χ0v) is 15.8. The van der Waals surface area contributed by atoms with E-state index in [9.17, 15) is 9.59 Å². The smallest absolute Gasteiger partial charge is 0.227 e. The minimum absolute atomic E-state index is 0.0989. The standard InChI is InChI=1S/C21H21N5O2/c1-22-18(27)11-12-19(28)26-13-14-7-3-4-8-15(14)21-20(23-24-25(21)2)16-9-5-6-10-17(16)26/h3-10H,11-13H2,1-2H3,(H,22,27). The van der Waals surface area contributed by atoms with Gasteiger partial charge in [0.2, 0.25) is 11.8 Å². The van der Waals surface area contributed by atoms with E-state index in [0.29, 0.717) is 6.54 Å². The van der Waals surface area contributed by atoms with Crippen LogP contribution >= 0.6 is 0 Å². The molecular formula is C21H21N5O2. The molecule has 1 aromatic heterocycles. The van der Waals surface area contributed by atoms with Crippen molar-refractivity contribution in [2.24, 2.45) is 7.05 Å². The molecule has 7 nitrogen and oxygen atoms in total. The summed E-state index contributed by atoms with van der Waals surface area (Å²) in [6.07, 6.45) is 0.301. The van der Waals surface area contributed by atoms with Crippen LogP contribution in [0.25, 0.3) is 22.5 Å². The van der Waals surface area contributed by atoms with Crippen LogP contribution in [-0.4, -0.2) is 33.9 Å². The highest BCUT2D eigenvalue weighted by Crippen LogP contribution is 2.40. The summed E-state index contributed by atoms with van der Waals surface area (Å²) in [6.45, 7) is 0.421. The van der Waals surface area contributed by atoms with E-state index >= 15 is 0 Å². The first-order valence-corrected chi connectivity index (χ1v) is 9.18. The number of carbonyl (C=O) groups excluding carboxylic acids is 2. The Balaban J connectivity index is 1.86. The lowest BCUT2D eigenvalue weighted by molar-refractivity contribution is -0.125. The van der Waals surface area contributed by atoms with Crippen molar-refractivity contribution in [3.05, 3.63) is 54.1 Å². The first-order chi connectivity index (χ1) is 13.6. The highest BCUT2D eigenvalue weighted by atomic mass is 16.2. The minimum atomic E-state index is -0.148. The van der Waals surface area contributed by atoms with Crippen molar-refractivity contribution in [1.82, 2.24) is 20.3 Å². The van der Waals surface area contributed by atoms with E-state index in [4.69, 9.17) is 0 Å². The van der Waals surface area contributed by atoms with E-state index in [1.807, 2.05) is 55.6 Å². The van der Waals surface area contributed by atoms with Crippen molar-refractivity contribution in [3.8, 4) is 22.5 Å². The number of rotatable bonds is 3. The molecule has 28 heavy (non-hydrogen) atoms. The lowest BCUT2D eigenvalue weighted by Gasteiger charge is -2.28. The second-order valence-electron chi connectivity index (χ2n) is 6.74. The third-order valence-electron chi connectivity index (χ3n) is 5.02. The molecule has 0 unspecified atom stereocenters. The molecule has 7 heteroatoms. The zero-order valence-electron chi connectivity index (χ0n) is 15.8. The highest BCUT2D eigenvalue weighted by molar-refractivity contribution is 6.01. The Bertz CT molecular complexity index is 1060. The Labute approximate surface area is 163 Å². The van der Waals surface area contributed by atoms with E-state index in [1.54, 1.807) is 16.6 Å². The van der Waals surface area contributed by atoms with Crippen molar-refractivity contribution in [3.63, 3.8) is 0 Å². The fourth-order valence-electron chi connectivity index (χ4n) is 3.60. The molecule has 2 aromatic carbocycles. The van der Waals surface area contributed by atoms with E-state index in [2.05, 4.69) is 15.6 Å². The van der Waals surface area contributed by atoms with Gasteiger partial charge in [0.25, 0.3) is 0 Å². The van der Waals surface area contributed by atoms with Gasteiger partial charge in [-0.15, -0.1) is 5.10 Å². The molecule has 1 aliphatic heterocycles. The molecule has 0 aliphatic carbocycles. The van der Waals surface area contributed by atoms with Gasteiger partial charge in [-0.1, -0.05) is 47.7 Å². The van der Waals surface area contributed by atoms with Gasteiger partial charge in [0.15, 0.2) is 0 Å². The van der Waals surface area contributed by atoms with Crippen LogP contribution < -0.4 is 10.2 Å². The van der Waals surface area contributed by atoms with Crippen molar-refractivity contribution < 1.29 is 9.59 Å². The van der Waals surface area contributed by atoms with Crippen molar-refractivity contribution in [2.45, 2.75) is 19.4 Å². The molecule has 3 aromatic rings. The molecule has 2 heterocycles. The van der Waals surface area contributed by atoms with Crippen molar-refractivity contribution in [2.75, 3.05) is 11.9 Å². The Morgan fingerprint density at radius 1 is 1.04 bits per heavy atom. The molecule has 1 N–H and O–H groups in total. The summed E-state index contributed by atoms with van der Waals surface area (Å²) in [4.78, 5) is 26.5. The second kappa shape index (κ2) is 7.26. The number of hydrogen-bond donors (Lipinski definition) is 1. The fourth-order valence-corrected chi connectivity index (χ4v) is 3.60. The predicted molar refractivity (Wildman–Crippen MR) is 106 cm³/mol.